The Balaban J connectivity index is 1.50. The van der Waals surface area contributed by atoms with Gasteiger partial charge in [-0.1, -0.05) is 31.4 Å². The normalized spacial score (nSPS) is 19.3. The Kier molecular flexibility index (Phi) is 7.84. The van der Waals surface area contributed by atoms with Crippen LogP contribution in [0.4, 0.5) is 0 Å². The summed E-state index contributed by atoms with van der Waals surface area (Å²) in [6, 6.07) is 10.0. The van der Waals surface area contributed by atoms with Gasteiger partial charge in [0, 0.05) is 54.7 Å². The predicted molar refractivity (Wildman–Crippen MR) is 146 cm³/mol. The number of amides is 1. The van der Waals surface area contributed by atoms with Gasteiger partial charge in [-0.25, -0.2) is 0 Å². The molecule has 1 aromatic heterocycles. The SMILES string of the molecule is C=C(/C=C(/C)N(/C=C(/C)C(=C)N1CCCC1)CC)[C@@H]1CCCCN1C(=O)c1cc2ccccc2[nH]1. The second-order valence-corrected chi connectivity index (χ2v) is 9.88. The van der Waals surface area contributed by atoms with E-state index in [0.29, 0.717) is 5.69 Å². The Morgan fingerprint density at radius 3 is 2.54 bits per heavy atom. The molecule has 3 heterocycles. The molecule has 1 aromatic carbocycles. The van der Waals surface area contributed by atoms with Crippen LogP contribution in [0.2, 0.25) is 0 Å². The Labute approximate surface area is 210 Å². The van der Waals surface area contributed by atoms with Crippen molar-refractivity contribution in [2.75, 3.05) is 26.2 Å². The summed E-state index contributed by atoms with van der Waals surface area (Å²) in [6.07, 6.45) is 9.94. The molecule has 0 spiro atoms. The van der Waals surface area contributed by atoms with Crippen molar-refractivity contribution in [2.45, 2.75) is 58.9 Å². The highest BCUT2D eigenvalue weighted by molar-refractivity contribution is 5.98. The molecular weight excluding hydrogens is 432 g/mol. The first kappa shape index (κ1) is 24.9. The van der Waals surface area contributed by atoms with Crippen LogP contribution in [0.25, 0.3) is 10.9 Å². The van der Waals surface area contributed by atoms with Crippen LogP contribution >= 0.6 is 0 Å². The average molecular weight is 473 g/mol. The summed E-state index contributed by atoms with van der Waals surface area (Å²) in [4.78, 5) is 23.5. The molecule has 35 heavy (non-hydrogen) atoms. The first-order valence-corrected chi connectivity index (χ1v) is 13.0. The van der Waals surface area contributed by atoms with Gasteiger partial charge in [-0.15, -0.1) is 0 Å². The van der Waals surface area contributed by atoms with E-state index < -0.39 is 0 Å². The fourth-order valence-corrected chi connectivity index (χ4v) is 5.34. The third-order valence-corrected chi connectivity index (χ3v) is 7.43. The molecule has 2 saturated heterocycles. The maximum Gasteiger partial charge on any atom is 0.270 e. The third-order valence-electron chi connectivity index (χ3n) is 7.43. The number of fused-ring (bicyclic) bond motifs is 1. The van der Waals surface area contributed by atoms with E-state index in [4.69, 9.17) is 0 Å². The number of rotatable bonds is 8. The van der Waals surface area contributed by atoms with Crippen molar-refractivity contribution in [2.24, 2.45) is 0 Å². The summed E-state index contributed by atoms with van der Waals surface area (Å²) in [6.45, 7) is 19.0. The van der Waals surface area contributed by atoms with E-state index >= 15 is 0 Å². The van der Waals surface area contributed by atoms with E-state index in [1.165, 1.54) is 18.4 Å². The topological polar surface area (TPSA) is 42.6 Å². The van der Waals surface area contributed by atoms with Crippen molar-refractivity contribution < 1.29 is 4.79 Å². The fraction of sp³-hybridized carbons (Fsp3) is 0.433. The second-order valence-electron chi connectivity index (χ2n) is 9.88. The van der Waals surface area contributed by atoms with E-state index in [2.05, 4.69) is 61.0 Å². The lowest BCUT2D eigenvalue weighted by molar-refractivity contribution is 0.0651. The Hall–Kier alpha value is -3.21. The molecule has 2 aromatic rings. The molecule has 186 valence electrons. The number of carbonyl (C=O) groups excluding carboxylic acids is 1. The molecule has 2 aliphatic rings. The van der Waals surface area contributed by atoms with Crippen molar-refractivity contribution >= 4 is 16.8 Å². The number of hydrogen-bond acceptors (Lipinski definition) is 3. The summed E-state index contributed by atoms with van der Waals surface area (Å²) in [5.74, 6) is 0.0584. The standard InChI is InChI=1S/C30H40N4O/c1-6-32(21-23(3)25(5)33-16-11-12-17-33)24(4)19-22(2)29-15-9-10-18-34(29)30(35)28-20-26-13-7-8-14-27(26)31-28/h7-8,13-14,19-21,29,31H,2,5-6,9-12,15-18H2,1,3-4H3/b23-21-,24-19-/t29-/m0/s1. The molecule has 2 fully saturated rings. The number of hydrogen-bond donors (Lipinski definition) is 1. The quantitative estimate of drug-likeness (QED) is 0.449. The lowest BCUT2D eigenvalue weighted by Gasteiger charge is -2.36. The number of piperidine rings is 1. The lowest BCUT2D eigenvalue weighted by atomic mass is 9.95. The van der Waals surface area contributed by atoms with Gasteiger partial charge in [0.15, 0.2) is 0 Å². The van der Waals surface area contributed by atoms with Gasteiger partial charge < -0.3 is 19.7 Å². The zero-order chi connectivity index (χ0) is 24.9. The summed E-state index contributed by atoms with van der Waals surface area (Å²) in [5, 5.41) is 1.07. The molecule has 5 nitrogen and oxygen atoms in total. The smallest absolute Gasteiger partial charge is 0.270 e. The number of H-pyrrole nitrogens is 1. The van der Waals surface area contributed by atoms with Crippen molar-refractivity contribution in [3.05, 3.63) is 84.0 Å². The molecule has 1 atom stereocenters. The first-order valence-electron chi connectivity index (χ1n) is 13.0. The molecule has 4 rings (SSSR count). The molecule has 0 aliphatic carbocycles. The largest absolute Gasteiger partial charge is 0.372 e. The van der Waals surface area contributed by atoms with Crippen molar-refractivity contribution in [3.63, 3.8) is 0 Å². The average Bonchev–Trinajstić information content (AvgIpc) is 3.56. The zero-order valence-electron chi connectivity index (χ0n) is 21.6. The Morgan fingerprint density at radius 2 is 1.83 bits per heavy atom. The van der Waals surface area contributed by atoms with Crippen molar-refractivity contribution in [1.29, 1.82) is 0 Å². The van der Waals surface area contributed by atoms with Gasteiger partial charge in [-0.05, 0) is 82.2 Å². The number of likely N-dealkylation sites (tertiary alicyclic amines) is 2. The van der Waals surface area contributed by atoms with Crippen LogP contribution in [0.15, 0.2) is 78.3 Å². The highest BCUT2D eigenvalue weighted by Crippen LogP contribution is 2.27. The van der Waals surface area contributed by atoms with Gasteiger partial charge in [-0.2, -0.15) is 0 Å². The fourth-order valence-electron chi connectivity index (χ4n) is 5.34. The maximum absolute atomic E-state index is 13.5. The monoisotopic (exact) mass is 472 g/mol. The van der Waals surface area contributed by atoms with Crippen molar-refractivity contribution in [1.82, 2.24) is 19.7 Å². The number of carbonyl (C=O) groups is 1. The Bertz CT molecular complexity index is 1120. The summed E-state index contributed by atoms with van der Waals surface area (Å²) in [7, 11) is 0. The number of aromatic amines is 1. The van der Waals surface area contributed by atoms with Crippen LogP contribution < -0.4 is 0 Å². The van der Waals surface area contributed by atoms with Gasteiger partial charge in [0.25, 0.3) is 5.91 Å². The van der Waals surface area contributed by atoms with Gasteiger partial charge in [-0.3, -0.25) is 4.79 Å². The zero-order valence-corrected chi connectivity index (χ0v) is 21.6. The number of benzene rings is 1. The minimum atomic E-state index is 0.0148. The molecule has 1 amide bonds. The number of nitrogens with one attached hydrogen (secondary N) is 1. The van der Waals surface area contributed by atoms with Crippen LogP contribution in [0.1, 0.15) is 63.4 Å². The second kappa shape index (κ2) is 11.0. The minimum absolute atomic E-state index is 0.0148. The molecule has 0 saturated carbocycles. The van der Waals surface area contributed by atoms with Gasteiger partial charge in [0.2, 0.25) is 0 Å². The summed E-state index contributed by atoms with van der Waals surface area (Å²) >= 11 is 0. The number of aromatic nitrogens is 1. The molecule has 0 radical (unpaired) electrons. The minimum Gasteiger partial charge on any atom is -0.372 e. The highest BCUT2D eigenvalue weighted by atomic mass is 16.2. The highest BCUT2D eigenvalue weighted by Gasteiger charge is 2.29. The van der Waals surface area contributed by atoms with E-state index in [9.17, 15) is 4.79 Å². The van der Waals surface area contributed by atoms with E-state index in [1.807, 2.05) is 35.2 Å². The predicted octanol–water partition coefficient (Wildman–Crippen LogP) is 6.46. The number of nitrogens with zero attached hydrogens (tertiary/aromatic N) is 3. The van der Waals surface area contributed by atoms with Crippen LogP contribution in [-0.4, -0.2) is 57.8 Å². The molecular formula is C30H40N4O. The van der Waals surface area contributed by atoms with Crippen molar-refractivity contribution in [3.8, 4) is 0 Å². The summed E-state index contributed by atoms with van der Waals surface area (Å²) < 4.78 is 0. The maximum atomic E-state index is 13.5. The van der Waals surface area contributed by atoms with Crippen LogP contribution in [0, 0.1) is 0 Å². The van der Waals surface area contributed by atoms with E-state index in [-0.39, 0.29) is 11.9 Å². The van der Waals surface area contributed by atoms with Gasteiger partial charge in [0.1, 0.15) is 5.69 Å². The molecule has 2 aliphatic heterocycles. The van der Waals surface area contributed by atoms with Gasteiger partial charge in [0.05, 0.1) is 6.04 Å². The Morgan fingerprint density at radius 1 is 1.11 bits per heavy atom. The number of allylic oxidation sites excluding steroid dienone is 2. The summed E-state index contributed by atoms with van der Waals surface area (Å²) in [5.41, 5.74) is 6.09. The molecule has 1 N–H and O–H groups in total. The molecule has 0 unspecified atom stereocenters. The molecule has 5 heteroatoms. The number of para-hydroxylation sites is 1. The van der Waals surface area contributed by atoms with E-state index in [0.717, 1.165) is 73.3 Å². The van der Waals surface area contributed by atoms with E-state index in [1.54, 1.807) is 0 Å². The van der Waals surface area contributed by atoms with Crippen LogP contribution in [-0.2, 0) is 0 Å². The van der Waals surface area contributed by atoms with Crippen LogP contribution in [0.5, 0.6) is 0 Å². The first-order chi connectivity index (χ1) is 16.9. The molecule has 0 bridgehead atoms. The van der Waals surface area contributed by atoms with Gasteiger partial charge >= 0.3 is 0 Å². The van der Waals surface area contributed by atoms with Crippen LogP contribution in [0.3, 0.4) is 0 Å². The lowest BCUT2D eigenvalue weighted by Crippen LogP contribution is -2.44. The third kappa shape index (κ3) is 5.55.